The number of amides is 2. The molecule has 3 N–H and O–H groups in total. The maximum absolute atomic E-state index is 13.3. The molecule has 4 aliphatic carbocycles. The SMILES string of the molecule is C=C.CC.CC.CC(=O)C(=N)C=N.CC1CC1.CCC[C@H](NC(=O)[C@H]1[C@H]2CCCC2CN1C(=O)[C@@H](C)C(C)(C)C)C(=O)CC(C)=O.C[C@H]1C(=O)CC2CCCCC21.[HH].[HH]. The van der Waals surface area contributed by atoms with Crippen LogP contribution in [0.5, 0.6) is 0 Å². The van der Waals surface area contributed by atoms with Gasteiger partial charge >= 0.3 is 0 Å². The Labute approximate surface area is 350 Å². The minimum atomic E-state index is -0.658. The minimum Gasteiger partial charge on any atom is -0.344 e. The van der Waals surface area contributed by atoms with E-state index in [0.29, 0.717) is 30.6 Å². The number of nitrogens with zero attached hydrogens (tertiary/aromatic N) is 1. The number of Topliss-reactive ketones (excluding diaryl/α,β-unsaturated/α-hetero) is 4. The molecule has 0 aromatic carbocycles. The van der Waals surface area contributed by atoms with Gasteiger partial charge < -0.3 is 15.6 Å². The van der Waals surface area contributed by atoms with Crippen molar-refractivity contribution in [2.75, 3.05) is 6.54 Å². The van der Waals surface area contributed by atoms with Crippen molar-refractivity contribution in [1.29, 1.82) is 10.8 Å². The van der Waals surface area contributed by atoms with E-state index >= 15 is 0 Å². The molecule has 5 rings (SSSR count). The van der Waals surface area contributed by atoms with Crippen molar-refractivity contribution in [3.8, 4) is 0 Å². The molecule has 0 radical (unpaired) electrons. The molecule has 332 valence electrons. The number of hydrogen-bond donors (Lipinski definition) is 3. The van der Waals surface area contributed by atoms with Crippen LogP contribution in [0.3, 0.4) is 0 Å². The Balaban J connectivity index is -0.000000410. The highest BCUT2D eigenvalue weighted by Gasteiger charge is 2.51. The van der Waals surface area contributed by atoms with E-state index in [1.807, 2.05) is 62.3 Å². The predicted molar refractivity (Wildman–Crippen MR) is 240 cm³/mol. The summed E-state index contributed by atoms with van der Waals surface area (Å²) in [5.41, 5.74) is -0.433. The van der Waals surface area contributed by atoms with E-state index in [4.69, 9.17) is 10.8 Å². The number of rotatable bonds is 10. The second-order valence-electron chi connectivity index (χ2n) is 17.0. The Morgan fingerprint density at radius 1 is 0.895 bits per heavy atom. The number of carbonyl (C=O) groups is 6. The van der Waals surface area contributed by atoms with E-state index in [2.05, 4.69) is 32.3 Å². The number of fused-ring (bicyclic) bond motifs is 2. The standard InChI is InChI=1S/C23H38N2O4.C10H16O.C4H6N2O.C4H8.2C2H6.C2H4.2H2/c1-7-9-18(19(27)12-14(2)26)24-21(28)20-17-11-8-10-16(17)13-25(20)22(29)15(3)23(4,5)6;1-7-9-5-3-2-4-8(9)6-10(7)11;1-3(7)4(6)2-5;1-4-2-3-4;3*1-2;;/h15-18,20H,7-13H2,1-6H3,(H,24,28);7-9H,2-6H2,1H3;2,5-6H,1H3;4H,2-3H2,1H3;2*1-2H3;1-2H2;2*1H/t15-,16?,17+,18+,20-;7-,8?,9?;;;;;;;/m11......./s1. The summed E-state index contributed by atoms with van der Waals surface area (Å²) in [6.45, 7) is 31.7. The lowest BCUT2D eigenvalue weighted by atomic mass is 9.79. The number of carbonyl (C=O) groups excluding carboxylic acids is 6. The van der Waals surface area contributed by atoms with Crippen LogP contribution in [0.15, 0.2) is 13.2 Å². The van der Waals surface area contributed by atoms with E-state index in [1.165, 1.54) is 52.4 Å². The lowest BCUT2D eigenvalue weighted by molar-refractivity contribution is -0.145. The van der Waals surface area contributed by atoms with Gasteiger partial charge in [-0.1, -0.05) is 115 Å². The van der Waals surface area contributed by atoms with Gasteiger partial charge in [0.2, 0.25) is 11.8 Å². The Hall–Kier alpha value is -3.30. The van der Waals surface area contributed by atoms with Crippen molar-refractivity contribution in [1.82, 2.24) is 10.2 Å². The molecule has 10 heteroatoms. The fourth-order valence-electron chi connectivity index (χ4n) is 7.81. The van der Waals surface area contributed by atoms with Crippen molar-refractivity contribution in [3.63, 3.8) is 0 Å². The summed E-state index contributed by atoms with van der Waals surface area (Å²) >= 11 is 0. The van der Waals surface area contributed by atoms with Crippen LogP contribution in [0.4, 0.5) is 0 Å². The van der Waals surface area contributed by atoms with E-state index < -0.39 is 12.1 Å². The maximum Gasteiger partial charge on any atom is 0.243 e. The molecule has 1 aliphatic heterocycles. The average Bonchev–Trinajstić information content (AvgIpc) is 3.55. The van der Waals surface area contributed by atoms with Crippen LogP contribution < -0.4 is 5.32 Å². The summed E-state index contributed by atoms with van der Waals surface area (Å²) < 4.78 is 0. The van der Waals surface area contributed by atoms with E-state index in [-0.39, 0.29) is 61.4 Å². The molecular weight excluding hydrogens is 717 g/mol. The average molecular weight is 805 g/mol. The fourth-order valence-corrected chi connectivity index (χ4v) is 7.81. The first-order chi connectivity index (χ1) is 26.8. The fraction of sp³-hybridized carbons (Fsp3) is 0.787. The van der Waals surface area contributed by atoms with Gasteiger partial charge in [-0.2, -0.15) is 0 Å². The zero-order valence-corrected chi connectivity index (χ0v) is 38.5. The van der Waals surface area contributed by atoms with Crippen LogP contribution in [0, 0.1) is 57.7 Å². The topological polar surface area (TPSA) is 165 Å². The van der Waals surface area contributed by atoms with Gasteiger partial charge in [0, 0.05) is 40.8 Å². The van der Waals surface area contributed by atoms with Crippen molar-refractivity contribution in [2.24, 2.45) is 46.8 Å². The number of likely N-dealkylation sites (tertiary alicyclic amines) is 1. The molecule has 2 amide bonds. The predicted octanol–water partition coefficient (Wildman–Crippen LogP) is 10.5. The number of ketones is 4. The van der Waals surface area contributed by atoms with E-state index in [0.717, 1.165) is 56.1 Å². The van der Waals surface area contributed by atoms with Gasteiger partial charge in [0.15, 0.2) is 11.6 Å². The van der Waals surface area contributed by atoms with Gasteiger partial charge in [-0.15, -0.1) is 13.2 Å². The van der Waals surface area contributed by atoms with Gasteiger partial charge in [-0.3, -0.25) is 34.2 Å². The molecule has 0 aromatic heterocycles. The third kappa shape index (κ3) is 19.3. The van der Waals surface area contributed by atoms with Crippen LogP contribution in [-0.4, -0.2) is 70.4 Å². The largest absolute Gasteiger partial charge is 0.344 e. The highest BCUT2D eigenvalue weighted by atomic mass is 16.2. The molecule has 0 spiro atoms. The molecule has 57 heavy (non-hydrogen) atoms. The Bertz CT molecular complexity index is 1300. The van der Waals surface area contributed by atoms with Gasteiger partial charge in [-0.05, 0) is 74.0 Å². The van der Waals surface area contributed by atoms with Crippen LogP contribution >= 0.6 is 0 Å². The zero-order valence-electron chi connectivity index (χ0n) is 38.5. The van der Waals surface area contributed by atoms with Crippen LogP contribution in [-0.2, 0) is 28.8 Å². The van der Waals surface area contributed by atoms with E-state index in [1.54, 1.807) is 4.90 Å². The van der Waals surface area contributed by atoms with Crippen molar-refractivity contribution >= 4 is 46.9 Å². The molecular formula is C47H88N4O6. The van der Waals surface area contributed by atoms with Crippen molar-refractivity contribution < 1.29 is 31.6 Å². The molecule has 1 saturated heterocycles. The summed E-state index contributed by atoms with van der Waals surface area (Å²) in [5.74, 6) is 2.85. The quantitative estimate of drug-likeness (QED) is 0.113. The Kier molecular flexibility index (Phi) is 28.4. The highest BCUT2D eigenvalue weighted by Crippen LogP contribution is 2.45. The molecule has 5 aliphatic rings. The van der Waals surface area contributed by atoms with Gasteiger partial charge in [0.05, 0.1) is 12.5 Å². The first kappa shape index (κ1) is 55.8. The van der Waals surface area contributed by atoms with Crippen molar-refractivity contribution in [2.45, 2.75) is 186 Å². The van der Waals surface area contributed by atoms with E-state index in [9.17, 15) is 28.8 Å². The summed E-state index contributed by atoms with van der Waals surface area (Å²) in [7, 11) is 0. The molecule has 0 aromatic rings. The summed E-state index contributed by atoms with van der Waals surface area (Å²) in [6.07, 6.45) is 14.1. The Morgan fingerprint density at radius 2 is 1.40 bits per heavy atom. The van der Waals surface area contributed by atoms with Gasteiger partial charge in [0.1, 0.15) is 23.3 Å². The summed E-state index contributed by atoms with van der Waals surface area (Å²) in [4.78, 5) is 73.5. The normalized spacial score (nSPS) is 24.8. The smallest absolute Gasteiger partial charge is 0.243 e. The first-order valence-corrected chi connectivity index (χ1v) is 22.1. The molecule has 3 unspecified atom stereocenters. The number of nitrogens with one attached hydrogen (secondary N) is 3. The molecule has 1 heterocycles. The maximum atomic E-state index is 13.3. The lowest BCUT2D eigenvalue weighted by Crippen LogP contribution is -2.54. The van der Waals surface area contributed by atoms with Crippen LogP contribution in [0.25, 0.3) is 0 Å². The monoisotopic (exact) mass is 805 g/mol. The number of hydrogen-bond acceptors (Lipinski definition) is 8. The van der Waals surface area contributed by atoms with Gasteiger partial charge in [-0.25, -0.2) is 0 Å². The first-order valence-electron chi connectivity index (χ1n) is 22.1. The van der Waals surface area contributed by atoms with Crippen LogP contribution in [0.1, 0.15) is 176 Å². The third-order valence-electron chi connectivity index (χ3n) is 11.8. The second-order valence-corrected chi connectivity index (χ2v) is 17.0. The Morgan fingerprint density at radius 3 is 1.82 bits per heavy atom. The van der Waals surface area contributed by atoms with Gasteiger partial charge in [0.25, 0.3) is 0 Å². The lowest BCUT2D eigenvalue weighted by Gasteiger charge is -2.34. The summed E-state index contributed by atoms with van der Waals surface area (Å²) in [5, 5.41) is 15.9. The second kappa shape index (κ2) is 29.0. The molecule has 0 bridgehead atoms. The van der Waals surface area contributed by atoms with Crippen LogP contribution in [0.2, 0.25) is 0 Å². The minimum absolute atomic E-state index is 0. The molecule has 4 saturated carbocycles. The molecule has 5 fully saturated rings. The summed E-state index contributed by atoms with van der Waals surface area (Å²) in [6, 6.07) is -1.17. The molecule has 10 nitrogen and oxygen atoms in total. The molecule has 8 atom stereocenters. The zero-order chi connectivity index (χ0) is 44.6. The highest BCUT2D eigenvalue weighted by molar-refractivity contribution is 6.59. The third-order valence-corrected chi connectivity index (χ3v) is 11.8. The van der Waals surface area contributed by atoms with Crippen molar-refractivity contribution in [3.05, 3.63) is 13.2 Å².